The van der Waals surface area contributed by atoms with Gasteiger partial charge in [0.05, 0.1) is 7.11 Å². The molecule has 6 heteroatoms. The third-order valence-electron chi connectivity index (χ3n) is 3.99. The summed E-state index contributed by atoms with van der Waals surface area (Å²) in [7, 11) is 2.48. The van der Waals surface area contributed by atoms with Crippen LogP contribution in [-0.2, 0) is 27.1 Å². The second-order valence-corrected chi connectivity index (χ2v) is 5.54. The van der Waals surface area contributed by atoms with Gasteiger partial charge in [0.1, 0.15) is 5.76 Å². The zero-order valence-corrected chi connectivity index (χ0v) is 12.9. The number of fused-ring (bicyclic) bond motifs is 1. The summed E-state index contributed by atoms with van der Waals surface area (Å²) in [5.74, 6) is 0.191. The summed E-state index contributed by atoms with van der Waals surface area (Å²) in [5.41, 5.74) is 8.55. The van der Waals surface area contributed by atoms with Gasteiger partial charge in [0, 0.05) is 24.3 Å². The van der Waals surface area contributed by atoms with Gasteiger partial charge in [-0.05, 0) is 23.9 Å². The van der Waals surface area contributed by atoms with E-state index in [1.54, 1.807) is 7.11 Å². The lowest BCUT2D eigenvalue weighted by Crippen LogP contribution is -2.44. The summed E-state index contributed by atoms with van der Waals surface area (Å²) >= 11 is 0. The van der Waals surface area contributed by atoms with Crippen LogP contribution < -0.4 is 11.1 Å². The van der Waals surface area contributed by atoms with Crippen LogP contribution in [0.2, 0.25) is 0 Å². The van der Waals surface area contributed by atoms with Gasteiger partial charge in [-0.2, -0.15) is 0 Å². The Bertz CT molecular complexity index is 601. The first kappa shape index (κ1) is 16.1. The van der Waals surface area contributed by atoms with Crippen molar-refractivity contribution >= 4 is 24.9 Å². The Kier molecular flexibility index (Phi) is 5.25. The third-order valence-corrected chi connectivity index (χ3v) is 3.99. The molecule has 2 rings (SSSR count). The summed E-state index contributed by atoms with van der Waals surface area (Å²) in [4.78, 5) is 22.5. The number of amides is 2. The Morgan fingerprint density at radius 2 is 2.23 bits per heavy atom. The second-order valence-electron chi connectivity index (χ2n) is 5.54. The third kappa shape index (κ3) is 3.90. The minimum Gasteiger partial charge on any atom is -0.497 e. The van der Waals surface area contributed by atoms with Crippen LogP contribution in [0.25, 0.3) is 5.76 Å². The van der Waals surface area contributed by atoms with Crippen molar-refractivity contribution < 1.29 is 14.3 Å². The second kappa shape index (κ2) is 7.16. The lowest BCUT2D eigenvalue weighted by Gasteiger charge is -2.26. The summed E-state index contributed by atoms with van der Waals surface area (Å²) in [5, 5.41) is 2.98. The van der Waals surface area contributed by atoms with Gasteiger partial charge in [0.15, 0.2) is 7.28 Å². The highest BCUT2D eigenvalue weighted by Crippen LogP contribution is 2.26. The molecule has 3 N–H and O–H groups in total. The number of nitrogens with two attached hydrogens (primary N) is 1. The van der Waals surface area contributed by atoms with Crippen molar-refractivity contribution in [3.05, 3.63) is 41.5 Å². The Balaban J connectivity index is 2.02. The molecule has 5 nitrogen and oxygen atoms in total. The predicted octanol–water partition coefficient (Wildman–Crippen LogP) is 0.504. The van der Waals surface area contributed by atoms with Crippen LogP contribution in [0.15, 0.2) is 24.8 Å². The van der Waals surface area contributed by atoms with E-state index in [9.17, 15) is 9.59 Å². The summed E-state index contributed by atoms with van der Waals surface area (Å²) in [6.07, 6.45) is 1.89. The molecule has 0 saturated carbocycles. The van der Waals surface area contributed by atoms with Crippen LogP contribution in [0.5, 0.6) is 0 Å². The molecule has 1 unspecified atom stereocenters. The highest BCUT2D eigenvalue weighted by Gasteiger charge is 2.23. The van der Waals surface area contributed by atoms with Gasteiger partial charge in [-0.3, -0.25) is 9.59 Å². The monoisotopic (exact) mass is 300 g/mol. The van der Waals surface area contributed by atoms with E-state index < -0.39 is 5.91 Å². The number of carbonyl (C=O) groups is 2. The largest absolute Gasteiger partial charge is 0.497 e. The number of hydrogen-bond donors (Lipinski definition) is 2. The van der Waals surface area contributed by atoms with Crippen LogP contribution >= 0.6 is 0 Å². The maximum atomic E-state index is 11.8. The molecule has 1 heterocycles. The summed E-state index contributed by atoms with van der Waals surface area (Å²) in [6.45, 7) is 3.92. The van der Waals surface area contributed by atoms with E-state index in [1.165, 1.54) is 11.1 Å². The van der Waals surface area contributed by atoms with Crippen molar-refractivity contribution in [3.8, 4) is 0 Å². The molecule has 1 aromatic carbocycles. The fraction of sp³-hybridized carbons (Fsp3) is 0.375. The Hall–Kier alpha value is -2.24. The zero-order valence-electron chi connectivity index (χ0n) is 12.9. The Morgan fingerprint density at radius 1 is 1.45 bits per heavy atom. The van der Waals surface area contributed by atoms with Crippen LogP contribution in [-0.4, -0.2) is 32.1 Å². The van der Waals surface area contributed by atoms with E-state index >= 15 is 0 Å². The first-order chi connectivity index (χ1) is 10.5. The molecular formula is C16H21BN2O3. The molecule has 1 aliphatic heterocycles. The molecular weight excluding hydrogens is 279 g/mol. The maximum Gasteiger partial charge on any atom is 0.220 e. The van der Waals surface area contributed by atoms with E-state index in [1.807, 2.05) is 12.1 Å². The highest BCUT2D eigenvalue weighted by atomic mass is 16.5. The Morgan fingerprint density at radius 3 is 2.91 bits per heavy atom. The van der Waals surface area contributed by atoms with Gasteiger partial charge in [-0.15, -0.1) is 0 Å². The van der Waals surface area contributed by atoms with Crippen LogP contribution in [0.1, 0.15) is 29.5 Å². The van der Waals surface area contributed by atoms with Crippen molar-refractivity contribution in [2.45, 2.75) is 31.5 Å². The number of ether oxygens (including phenoxy) is 1. The van der Waals surface area contributed by atoms with Crippen molar-refractivity contribution in [1.82, 2.24) is 5.32 Å². The van der Waals surface area contributed by atoms with Crippen molar-refractivity contribution in [2.75, 3.05) is 7.11 Å². The standard InChI is InChI=1S/C16H21BN2O3/c1-10(22-2)12-5-3-4-11-8-14(17-9-13(11)12)19-16(21)7-6-15(18)20/h3-5,14,17H,1,6-9H2,2H3,(H2,18,20)(H,19,21). The smallest absolute Gasteiger partial charge is 0.220 e. The fourth-order valence-corrected chi connectivity index (χ4v) is 2.84. The quantitative estimate of drug-likeness (QED) is 0.593. The number of methoxy groups -OCH3 is 1. The van der Waals surface area contributed by atoms with Gasteiger partial charge in [-0.25, -0.2) is 0 Å². The van der Waals surface area contributed by atoms with Crippen molar-refractivity contribution in [1.29, 1.82) is 0 Å². The summed E-state index contributed by atoms with van der Waals surface area (Å²) in [6, 6.07) is 6.07. The van der Waals surface area contributed by atoms with Gasteiger partial charge < -0.3 is 15.8 Å². The molecule has 0 saturated heterocycles. The first-order valence-electron chi connectivity index (χ1n) is 7.43. The zero-order chi connectivity index (χ0) is 16.1. The predicted molar refractivity (Wildman–Crippen MR) is 87.4 cm³/mol. The molecule has 0 bridgehead atoms. The highest BCUT2D eigenvalue weighted by molar-refractivity contribution is 6.38. The SMILES string of the molecule is C=C(OC)c1cccc2c1CBC(NC(=O)CCC(N)=O)C2. The molecule has 22 heavy (non-hydrogen) atoms. The molecule has 1 aromatic rings. The molecule has 0 fully saturated rings. The number of primary amides is 1. The van der Waals surface area contributed by atoms with Crippen LogP contribution in [0.3, 0.4) is 0 Å². The van der Waals surface area contributed by atoms with Crippen molar-refractivity contribution in [2.24, 2.45) is 5.73 Å². The number of benzene rings is 1. The van der Waals surface area contributed by atoms with Gasteiger partial charge in [-0.1, -0.05) is 24.8 Å². The molecule has 0 radical (unpaired) electrons. The molecule has 0 aromatic heterocycles. The van der Waals surface area contributed by atoms with E-state index in [0.717, 1.165) is 25.6 Å². The molecule has 1 atom stereocenters. The Labute approximate surface area is 131 Å². The van der Waals surface area contributed by atoms with Gasteiger partial charge in [0.25, 0.3) is 0 Å². The molecule has 116 valence electrons. The molecule has 1 aliphatic rings. The van der Waals surface area contributed by atoms with E-state index in [4.69, 9.17) is 10.5 Å². The minimum atomic E-state index is -0.452. The first-order valence-corrected chi connectivity index (χ1v) is 7.43. The van der Waals surface area contributed by atoms with E-state index in [-0.39, 0.29) is 24.7 Å². The van der Waals surface area contributed by atoms with Crippen molar-refractivity contribution in [3.63, 3.8) is 0 Å². The average molecular weight is 300 g/mol. The minimum absolute atomic E-state index is 0.0902. The number of rotatable bonds is 6. The number of nitrogens with one attached hydrogen (secondary N) is 1. The van der Waals surface area contributed by atoms with E-state index in [0.29, 0.717) is 5.76 Å². The number of carbonyl (C=O) groups excluding carboxylic acids is 2. The normalized spacial score (nSPS) is 16.1. The van der Waals surface area contributed by atoms with E-state index in [2.05, 4.69) is 18.0 Å². The van der Waals surface area contributed by atoms with Crippen LogP contribution in [0, 0.1) is 0 Å². The van der Waals surface area contributed by atoms with Gasteiger partial charge >= 0.3 is 0 Å². The molecule has 2 amide bonds. The topological polar surface area (TPSA) is 81.4 Å². The summed E-state index contributed by atoms with van der Waals surface area (Å²) < 4.78 is 5.24. The molecule has 0 aliphatic carbocycles. The average Bonchev–Trinajstić information content (AvgIpc) is 2.51. The fourth-order valence-electron chi connectivity index (χ4n) is 2.84. The lowest BCUT2D eigenvalue weighted by atomic mass is 9.57. The number of hydrogen-bond acceptors (Lipinski definition) is 3. The maximum absolute atomic E-state index is 11.8. The van der Waals surface area contributed by atoms with Gasteiger partial charge in [0.2, 0.25) is 11.8 Å². The lowest BCUT2D eigenvalue weighted by molar-refractivity contribution is -0.125. The van der Waals surface area contributed by atoms with Crippen LogP contribution in [0.4, 0.5) is 0 Å². The molecule has 0 spiro atoms.